The van der Waals surface area contributed by atoms with Crippen LogP contribution in [0.5, 0.6) is 0 Å². The zero-order valence-electron chi connectivity index (χ0n) is 16.2. The molecule has 10 nitrogen and oxygen atoms in total. The highest BCUT2D eigenvalue weighted by atomic mass is 35.5. The molecule has 0 heterocycles. The summed E-state index contributed by atoms with van der Waals surface area (Å²) in [5.41, 5.74) is -4.10. The first kappa shape index (κ1) is 26.6. The number of aliphatic hydroxyl groups is 1. The number of ether oxygens (including phenoxy) is 1. The zero-order valence-corrected chi connectivity index (χ0v) is 17.7. The van der Waals surface area contributed by atoms with Gasteiger partial charge >= 0.3 is 12.1 Å². The summed E-state index contributed by atoms with van der Waals surface area (Å²) >= 11 is 5.82. The predicted molar refractivity (Wildman–Crippen MR) is 102 cm³/mol. The van der Waals surface area contributed by atoms with Crippen molar-refractivity contribution in [3.05, 3.63) is 23.2 Å². The van der Waals surface area contributed by atoms with Gasteiger partial charge in [-0.05, 0) is 32.0 Å². The van der Waals surface area contributed by atoms with E-state index in [0.29, 0.717) is 0 Å². The van der Waals surface area contributed by atoms with E-state index in [-0.39, 0.29) is 19.2 Å². The number of sulfonamides is 1. The molecule has 0 aliphatic rings. The first-order chi connectivity index (χ1) is 14.1. The van der Waals surface area contributed by atoms with E-state index in [0.717, 1.165) is 18.2 Å². The molecule has 0 unspecified atom stereocenters. The van der Waals surface area contributed by atoms with Crippen LogP contribution in [-0.4, -0.2) is 62.8 Å². The van der Waals surface area contributed by atoms with Gasteiger partial charge in [0.2, 0.25) is 21.5 Å². The van der Waals surface area contributed by atoms with Crippen molar-refractivity contribution in [1.82, 2.24) is 10.0 Å². The quantitative estimate of drug-likeness (QED) is 0.370. The Balaban J connectivity index is 2.82. The van der Waals surface area contributed by atoms with Crippen molar-refractivity contribution in [2.75, 3.05) is 25.0 Å². The minimum absolute atomic E-state index is 0.103. The molecule has 31 heavy (non-hydrogen) atoms. The maximum absolute atomic E-state index is 12.7. The van der Waals surface area contributed by atoms with Crippen LogP contribution in [0.25, 0.3) is 0 Å². The molecular weight excluding hydrogens is 471 g/mol. The van der Waals surface area contributed by atoms with Gasteiger partial charge in [0.1, 0.15) is 6.54 Å². The molecule has 1 aromatic rings. The number of halogens is 4. The van der Waals surface area contributed by atoms with Gasteiger partial charge in [-0.15, -0.1) is 0 Å². The second kappa shape index (κ2) is 10.3. The largest absolute Gasteiger partial charge is 0.465 e. The Labute approximate surface area is 180 Å². The highest BCUT2D eigenvalue weighted by Gasteiger charge is 2.55. The van der Waals surface area contributed by atoms with Crippen molar-refractivity contribution in [1.29, 1.82) is 0 Å². The number of amides is 2. The normalized spacial score (nSPS) is 13.8. The molecule has 1 aromatic carbocycles. The molecule has 0 spiro atoms. The molecule has 1 rings (SSSR count). The molecule has 0 bridgehead atoms. The Bertz CT molecular complexity index is 952. The first-order valence-corrected chi connectivity index (χ1v) is 10.3. The molecule has 15 heteroatoms. The van der Waals surface area contributed by atoms with Gasteiger partial charge in [0.05, 0.1) is 28.8 Å². The van der Waals surface area contributed by atoms with E-state index < -0.39 is 62.6 Å². The molecule has 2 amide bonds. The minimum Gasteiger partial charge on any atom is -0.465 e. The predicted octanol–water partition coefficient (Wildman–Crippen LogP) is 0.549. The van der Waals surface area contributed by atoms with Crippen LogP contribution in [0.4, 0.5) is 18.9 Å². The Kier molecular flexibility index (Phi) is 8.81. The van der Waals surface area contributed by atoms with Crippen molar-refractivity contribution in [2.24, 2.45) is 0 Å². The van der Waals surface area contributed by atoms with E-state index in [9.17, 15) is 41.1 Å². The van der Waals surface area contributed by atoms with Gasteiger partial charge in [-0.25, -0.2) is 13.1 Å². The van der Waals surface area contributed by atoms with Gasteiger partial charge in [0, 0.05) is 0 Å². The lowest BCUT2D eigenvalue weighted by Gasteiger charge is -2.25. The average molecular weight is 490 g/mol. The van der Waals surface area contributed by atoms with Crippen molar-refractivity contribution in [3.8, 4) is 0 Å². The molecule has 0 radical (unpaired) electrons. The van der Waals surface area contributed by atoms with Gasteiger partial charge in [0.15, 0.2) is 0 Å². The summed E-state index contributed by atoms with van der Waals surface area (Å²) in [6.07, 6.45) is -5.26. The fraction of sp³-hybridized carbons (Fsp3) is 0.438. The number of esters is 1. The molecule has 1 atom stereocenters. The standard InChI is InChI=1S/C16H19ClF3N3O7S/c1-3-30-13(25)8-21-12(24)7-22-31(28,29)9-4-5-11(10(17)6-9)23-14(26)15(2,27)16(18,19)20/h4-6,22,27H,3,7-8H2,1-2H3,(H,21,24)(H,23,26)/t15-/m1/s1. The lowest BCUT2D eigenvalue weighted by molar-refractivity contribution is -0.242. The summed E-state index contributed by atoms with van der Waals surface area (Å²) in [6.45, 7) is 0.718. The number of benzene rings is 1. The molecule has 0 saturated heterocycles. The first-order valence-electron chi connectivity index (χ1n) is 8.44. The average Bonchev–Trinajstić information content (AvgIpc) is 2.65. The highest BCUT2D eigenvalue weighted by Crippen LogP contribution is 2.32. The number of nitrogens with one attached hydrogen (secondary N) is 3. The fourth-order valence-electron chi connectivity index (χ4n) is 1.83. The Hall–Kier alpha value is -2.42. The van der Waals surface area contributed by atoms with E-state index in [2.05, 4.69) is 10.1 Å². The molecule has 4 N–H and O–H groups in total. The lowest BCUT2D eigenvalue weighted by atomic mass is 10.1. The van der Waals surface area contributed by atoms with Crippen LogP contribution in [0.2, 0.25) is 5.02 Å². The SMILES string of the molecule is CCOC(=O)CNC(=O)CNS(=O)(=O)c1ccc(NC(=O)[C@@](C)(O)C(F)(F)F)c(Cl)c1. The molecule has 174 valence electrons. The topological polar surface area (TPSA) is 151 Å². The van der Waals surface area contributed by atoms with E-state index in [4.69, 9.17) is 11.6 Å². The van der Waals surface area contributed by atoms with E-state index in [1.54, 1.807) is 12.2 Å². The number of hydrogen-bond donors (Lipinski definition) is 4. The molecular formula is C16H19ClF3N3O7S. The summed E-state index contributed by atoms with van der Waals surface area (Å²) in [6, 6.07) is 2.63. The summed E-state index contributed by atoms with van der Waals surface area (Å²) < 4.78 is 69.1. The third kappa shape index (κ3) is 7.34. The van der Waals surface area contributed by atoms with Crippen molar-refractivity contribution >= 4 is 45.1 Å². The van der Waals surface area contributed by atoms with E-state index in [1.165, 1.54) is 0 Å². The number of carbonyl (C=O) groups is 3. The molecule has 0 aliphatic heterocycles. The summed E-state index contributed by atoms with van der Waals surface area (Å²) in [7, 11) is -4.28. The van der Waals surface area contributed by atoms with Crippen LogP contribution in [-0.2, 0) is 29.1 Å². The fourth-order valence-corrected chi connectivity index (χ4v) is 3.13. The van der Waals surface area contributed by atoms with Crippen LogP contribution in [0.1, 0.15) is 13.8 Å². The number of hydrogen-bond acceptors (Lipinski definition) is 7. The highest BCUT2D eigenvalue weighted by molar-refractivity contribution is 7.89. The van der Waals surface area contributed by atoms with Crippen molar-refractivity contribution in [3.63, 3.8) is 0 Å². The van der Waals surface area contributed by atoms with Gasteiger partial charge < -0.3 is 20.5 Å². The Morgan fingerprint density at radius 3 is 2.32 bits per heavy atom. The summed E-state index contributed by atoms with van der Waals surface area (Å²) in [5.74, 6) is -3.37. The van der Waals surface area contributed by atoms with Crippen LogP contribution in [0.15, 0.2) is 23.1 Å². The Morgan fingerprint density at radius 1 is 1.19 bits per heavy atom. The second-order valence-corrected chi connectivity index (χ2v) is 8.25. The molecule has 0 aliphatic carbocycles. The van der Waals surface area contributed by atoms with Gasteiger partial charge in [-0.3, -0.25) is 14.4 Å². The maximum atomic E-state index is 12.7. The third-order valence-electron chi connectivity index (χ3n) is 3.65. The molecule has 0 saturated carbocycles. The summed E-state index contributed by atoms with van der Waals surface area (Å²) in [4.78, 5) is 34.0. The Morgan fingerprint density at radius 2 is 1.81 bits per heavy atom. The van der Waals surface area contributed by atoms with E-state index in [1.807, 2.05) is 4.72 Å². The second-order valence-electron chi connectivity index (χ2n) is 6.07. The lowest BCUT2D eigenvalue weighted by Crippen LogP contribution is -2.52. The van der Waals surface area contributed by atoms with Crippen LogP contribution >= 0.6 is 11.6 Å². The number of carbonyl (C=O) groups excluding carboxylic acids is 3. The summed E-state index contributed by atoms with van der Waals surface area (Å²) in [5, 5.41) is 12.8. The number of alkyl halides is 3. The van der Waals surface area contributed by atoms with Crippen LogP contribution < -0.4 is 15.4 Å². The third-order valence-corrected chi connectivity index (χ3v) is 5.36. The monoisotopic (exact) mass is 489 g/mol. The van der Waals surface area contributed by atoms with Crippen molar-refractivity contribution in [2.45, 2.75) is 30.5 Å². The van der Waals surface area contributed by atoms with Crippen molar-refractivity contribution < 1.29 is 45.8 Å². The van der Waals surface area contributed by atoms with Gasteiger partial charge in [-0.1, -0.05) is 11.6 Å². The van der Waals surface area contributed by atoms with Crippen LogP contribution in [0.3, 0.4) is 0 Å². The zero-order chi connectivity index (χ0) is 24.0. The van der Waals surface area contributed by atoms with E-state index >= 15 is 0 Å². The molecule has 0 aromatic heterocycles. The number of anilines is 1. The smallest absolute Gasteiger partial charge is 0.426 e. The van der Waals surface area contributed by atoms with Gasteiger partial charge in [-0.2, -0.15) is 13.2 Å². The molecule has 0 fully saturated rings. The van der Waals surface area contributed by atoms with Gasteiger partial charge in [0.25, 0.3) is 5.91 Å². The van der Waals surface area contributed by atoms with Crippen LogP contribution in [0, 0.1) is 0 Å². The maximum Gasteiger partial charge on any atom is 0.426 e. The number of rotatable bonds is 9. The minimum atomic E-state index is -5.26.